The fourth-order valence-corrected chi connectivity index (χ4v) is 4.94. The van der Waals surface area contributed by atoms with Gasteiger partial charge in [0.15, 0.2) is 0 Å². The van der Waals surface area contributed by atoms with Gasteiger partial charge in [0.25, 0.3) is 5.91 Å². The van der Waals surface area contributed by atoms with Crippen molar-refractivity contribution < 1.29 is 4.79 Å². The number of aryl methyl sites for hydroxylation is 2. The molecule has 4 aromatic rings. The van der Waals surface area contributed by atoms with E-state index in [4.69, 9.17) is 5.73 Å². The van der Waals surface area contributed by atoms with Crippen LogP contribution >= 0.6 is 11.5 Å². The Hall–Kier alpha value is -3.32. The number of likely N-dealkylation sites (tertiary alicyclic amines) is 1. The highest BCUT2D eigenvalue weighted by atomic mass is 32.1. The molecule has 3 heterocycles. The molecule has 5 rings (SSSR count). The van der Waals surface area contributed by atoms with Gasteiger partial charge in [0, 0.05) is 36.7 Å². The minimum Gasteiger partial charge on any atom is -0.383 e. The van der Waals surface area contributed by atoms with Gasteiger partial charge >= 0.3 is 0 Å². The summed E-state index contributed by atoms with van der Waals surface area (Å²) in [5.41, 5.74) is 9.31. The quantitative estimate of drug-likeness (QED) is 0.492. The lowest BCUT2D eigenvalue weighted by molar-refractivity contribution is 0.0713. The van der Waals surface area contributed by atoms with Crippen molar-refractivity contribution in [2.24, 2.45) is 0 Å². The molecule has 2 N–H and O–H groups in total. The van der Waals surface area contributed by atoms with Crippen molar-refractivity contribution in [1.82, 2.24) is 19.2 Å². The third kappa shape index (κ3) is 4.34. The standard InChI is InChI=1S/C25H25N5OS/c26-24-22-15-21(7-6-19(22)9-12-27-24)18-10-13-30(14-11-18)25(31)20-4-1-17(2-5-20)3-8-23-28-16-29-32-23/h1-2,4-7,9,12,15-16,18H,3,8,10-11,13-14H2,(H2,26,27). The van der Waals surface area contributed by atoms with Crippen molar-refractivity contribution in [2.75, 3.05) is 18.8 Å². The number of hydrogen-bond acceptors (Lipinski definition) is 6. The maximum absolute atomic E-state index is 13.0. The molecule has 1 amide bonds. The number of carbonyl (C=O) groups is 1. The van der Waals surface area contributed by atoms with Gasteiger partial charge in [0.2, 0.25) is 0 Å². The number of aromatic nitrogens is 3. The first-order chi connectivity index (χ1) is 15.7. The monoisotopic (exact) mass is 443 g/mol. The fourth-order valence-electron chi connectivity index (χ4n) is 4.43. The Bertz CT molecular complexity index is 1220. The van der Waals surface area contributed by atoms with E-state index in [-0.39, 0.29) is 5.91 Å². The number of nitrogens with zero attached hydrogens (tertiary/aromatic N) is 4. The van der Waals surface area contributed by atoms with Crippen LogP contribution in [0.1, 0.15) is 45.3 Å². The van der Waals surface area contributed by atoms with Crippen LogP contribution in [0.15, 0.2) is 61.1 Å². The number of pyridine rings is 1. The Morgan fingerprint density at radius 3 is 2.59 bits per heavy atom. The van der Waals surface area contributed by atoms with E-state index in [1.165, 1.54) is 22.7 Å². The van der Waals surface area contributed by atoms with Gasteiger partial charge in [-0.25, -0.2) is 9.97 Å². The summed E-state index contributed by atoms with van der Waals surface area (Å²) in [6.07, 6.45) is 7.03. The molecule has 0 unspecified atom stereocenters. The van der Waals surface area contributed by atoms with Crippen molar-refractivity contribution in [3.8, 4) is 0 Å². The summed E-state index contributed by atoms with van der Waals surface area (Å²) < 4.78 is 4.04. The van der Waals surface area contributed by atoms with Crippen LogP contribution in [0.4, 0.5) is 5.82 Å². The first-order valence-corrected chi connectivity index (χ1v) is 11.7. The first-order valence-electron chi connectivity index (χ1n) is 11.0. The van der Waals surface area contributed by atoms with E-state index in [0.717, 1.165) is 60.1 Å². The topological polar surface area (TPSA) is 85.0 Å². The van der Waals surface area contributed by atoms with Gasteiger partial charge in [-0.1, -0.05) is 24.3 Å². The van der Waals surface area contributed by atoms with Gasteiger partial charge in [-0.05, 0) is 77.5 Å². The van der Waals surface area contributed by atoms with Crippen LogP contribution < -0.4 is 5.73 Å². The number of fused-ring (bicyclic) bond motifs is 1. The third-order valence-corrected chi connectivity index (χ3v) is 7.03. The van der Waals surface area contributed by atoms with Crippen molar-refractivity contribution in [2.45, 2.75) is 31.6 Å². The summed E-state index contributed by atoms with van der Waals surface area (Å²) in [7, 11) is 0. The summed E-state index contributed by atoms with van der Waals surface area (Å²) >= 11 is 1.44. The lowest BCUT2D eigenvalue weighted by Gasteiger charge is -2.32. The maximum Gasteiger partial charge on any atom is 0.253 e. The molecule has 1 aliphatic rings. The zero-order chi connectivity index (χ0) is 21.9. The minimum atomic E-state index is 0.117. The largest absolute Gasteiger partial charge is 0.383 e. The Kier molecular flexibility index (Phi) is 5.81. The molecule has 1 aliphatic heterocycles. The smallest absolute Gasteiger partial charge is 0.253 e. The van der Waals surface area contributed by atoms with Gasteiger partial charge in [-0.3, -0.25) is 4.79 Å². The number of anilines is 1. The normalized spacial score (nSPS) is 14.7. The average molecular weight is 444 g/mol. The lowest BCUT2D eigenvalue weighted by atomic mass is 9.88. The Morgan fingerprint density at radius 1 is 1.03 bits per heavy atom. The van der Waals surface area contributed by atoms with Crippen LogP contribution in [-0.4, -0.2) is 38.2 Å². The average Bonchev–Trinajstić information content (AvgIpc) is 3.37. The van der Waals surface area contributed by atoms with Crippen molar-refractivity contribution in [1.29, 1.82) is 0 Å². The van der Waals surface area contributed by atoms with Gasteiger partial charge in [0.1, 0.15) is 17.2 Å². The second kappa shape index (κ2) is 9.04. The number of hydrogen-bond donors (Lipinski definition) is 1. The van der Waals surface area contributed by atoms with E-state index in [1.54, 1.807) is 12.5 Å². The van der Waals surface area contributed by atoms with Gasteiger partial charge in [-0.2, -0.15) is 4.37 Å². The number of nitrogens with two attached hydrogens (primary N) is 1. The number of benzene rings is 2. The van der Waals surface area contributed by atoms with E-state index >= 15 is 0 Å². The van der Waals surface area contributed by atoms with Crippen LogP contribution in [0, 0.1) is 0 Å². The molecular weight excluding hydrogens is 418 g/mol. The summed E-state index contributed by atoms with van der Waals surface area (Å²) in [4.78, 5) is 23.4. The molecule has 32 heavy (non-hydrogen) atoms. The molecule has 0 radical (unpaired) electrons. The number of nitrogen functional groups attached to an aromatic ring is 1. The van der Waals surface area contributed by atoms with Crippen LogP contribution in [0.5, 0.6) is 0 Å². The molecule has 0 atom stereocenters. The lowest BCUT2D eigenvalue weighted by Crippen LogP contribution is -2.37. The molecule has 0 saturated carbocycles. The number of carbonyl (C=O) groups excluding carboxylic acids is 1. The molecule has 2 aromatic carbocycles. The molecule has 0 aliphatic carbocycles. The molecule has 7 heteroatoms. The SMILES string of the molecule is Nc1nccc2ccc(C3CCN(C(=O)c4ccc(CCc5ncns5)cc4)CC3)cc12. The van der Waals surface area contributed by atoms with Crippen molar-refractivity contribution >= 4 is 34.0 Å². The molecule has 1 fully saturated rings. The molecular formula is C25H25N5OS. The predicted octanol–water partition coefficient (Wildman–Crippen LogP) is 4.47. The molecule has 6 nitrogen and oxygen atoms in total. The van der Waals surface area contributed by atoms with Gasteiger partial charge in [-0.15, -0.1) is 0 Å². The van der Waals surface area contributed by atoms with E-state index in [0.29, 0.717) is 11.7 Å². The second-order valence-electron chi connectivity index (χ2n) is 8.28. The molecule has 162 valence electrons. The van der Waals surface area contributed by atoms with Gasteiger partial charge < -0.3 is 10.6 Å². The number of amides is 1. The number of piperidine rings is 1. The van der Waals surface area contributed by atoms with Crippen molar-refractivity contribution in [3.05, 3.63) is 82.8 Å². The predicted molar refractivity (Wildman–Crippen MR) is 128 cm³/mol. The van der Waals surface area contributed by atoms with E-state index in [9.17, 15) is 4.79 Å². The van der Waals surface area contributed by atoms with Crippen LogP contribution in [-0.2, 0) is 12.8 Å². The van der Waals surface area contributed by atoms with Crippen molar-refractivity contribution in [3.63, 3.8) is 0 Å². The number of rotatable bonds is 5. The summed E-state index contributed by atoms with van der Waals surface area (Å²) in [5, 5.41) is 3.16. The Labute approximate surface area is 191 Å². The molecule has 0 bridgehead atoms. The van der Waals surface area contributed by atoms with E-state index in [1.807, 2.05) is 23.1 Å². The van der Waals surface area contributed by atoms with Crippen LogP contribution in [0.3, 0.4) is 0 Å². The summed E-state index contributed by atoms with van der Waals surface area (Å²) in [5.74, 6) is 1.13. The minimum absolute atomic E-state index is 0.117. The summed E-state index contributed by atoms with van der Waals surface area (Å²) in [6.45, 7) is 1.53. The highest BCUT2D eigenvalue weighted by molar-refractivity contribution is 7.05. The summed E-state index contributed by atoms with van der Waals surface area (Å²) in [6, 6.07) is 16.4. The maximum atomic E-state index is 13.0. The molecule has 1 saturated heterocycles. The Morgan fingerprint density at radius 2 is 1.84 bits per heavy atom. The first kappa shape index (κ1) is 20.6. The zero-order valence-corrected chi connectivity index (χ0v) is 18.6. The van der Waals surface area contributed by atoms with E-state index in [2.05, 4.69) is 44.7 Å². The highest BCUT2D eigenvalue weighted by Gasteiger charge is 2.25. The third-order valence-electron chi connectivity index (χ3n) is 6.31. The Balaban J connectivity index is 1.19. The van der Waals surface area contributed by atoms with Gasteiger partial charge in [0.05, 0.1) is 0 Å². The van der Waals surface area contributed by atoms with E-state index < -0.39 is 0 Å². The fraction of sp³-hybridized carbons (Fsp3) is 0.280. The van der Waals surface area contributed by atoms with Crippen LogP contribution in [0.25, 0.3) is 10.8 Å². The van der Waals surface area contributed by atoms with Crippen LogP contribution in [0.2, 0.25) is 0 Å². The molecule has 2 aromatic heterocycles. The zero-order valence-electron chi connectivity index (χ0n) is 17.8. The second-order valence-corrected chi connectivity index (χ2v) is 9.14. The highest BCUT2D eigenvalue weighted by Crippen LogP contribution is 2.31. The molecule has 0 spiro atoms.